The summed E-state index contributed by atoms with van der Waals surface area (Å²) in [6.07, 6.45) is 6.87. The predicted octanol–water partition coefficient (Wildman–Crippen LogP) is 3.02. The molecular formula is C26H29N5O2S. The van der Waals surface area contributed by atoms with E-state index in [1.165, 1.54) is 5.56 Å². The van der Waals surface area contributed by atoms with Crippen molar-refractivity contribution in [2.45, 2.75) is 31.2 Å². The number of carbonyl (C=O) groups excluding carboxylic acids is 1. The standard InChI is InChI=1S/C26H29N5O2S/c1-34(33)31-18-21(17-27)23-16-20(9-10-24(23)31)6-5-13-29-14-11-26(12-15-29)25(32)28-19-30(26)22-7-3-2-4-8-22/h2-4,7-10,16,18H,5-6,11-15,19H2,1H3,(H,28,32). The van der Waals surface area contributed by atoms with Crippen molar-refractivity contribution >= 4 is 33.5 Å². The maximum Gasteiger partial charge on any atom is 0.247 e. The van der Waals surface area contributed by atoms with E-state index in [1.54, 1.807) is 16.4 Å². The molecule has 176 valence electrons. The number of benzene rings is 2. The number of nitrogens with zero attached hydrogens (tertiary/aromatic N) is 4. The van der Waals surface area contributed by atoms with Crippen LogP contribution < -0.4 is 10.2 Å². The van der Waals surface area contributed by atoms with Crippen LogP contribution in [0.5, 0.6) is 0 Å². The molecule has 0 aliphatic carbocycles. The van der Waals surface area contributed by atoms with E-state index in [1.807, 2.05) is 24.3 Å². The van der Waals surface area contributed by atoms with Gasteiger partial charge in [-0.15, -0.1) is 0 Å². The van der Waals surface area contributed by atoms with Crippen LogP contribution in [0.1, 0.15) is 30.4 Å². The Bertz CT molecular complexity index is 1270. The first-order valence-corrected chi connectivity index (χ1v) is 13.2. The zero-order chi connectivity index (χ0) is 23.7. The van der Waals surface area contributed by atoms with Crippen molar-refractivity contribution in [3.63, 3.8) is 0 Å². The molecule has 5 rings (SSSR count). The zero-order valence-corrected chi connectivity index (χ0v) is 20.2. The number of anilines is 1. The number of rotatable bonds is 6. The van der Waals surface area contributed by atoms with Gasteiger partial charge in [0.05, 0.1) is 17.7 Å². The number of para-hydroxylation sites is 1. The van der Waals surface area contributed by atoms with E-state index < -0.39 is 16.5 Å². The molecule has 1 aromatic heterocycles. The minimum absolute atomic E-state index is 0.151. The predicted molar refractivity (Wildman–Crippen MR) is 135 cm³/mol. The normalized spacial score (nSPS) is 18.8. The number of piperidine rings is 1. The van der Waals surface area contributed by atoms with Gasteiger partial charge < -0.3 is 15.1 Å². The van der Waals surface area contributed by atoms with Gasteiger partial charge in [0.2, 0.25) is 5.91 Å². The summed E-state index contributed by atoms with van der Waals surface area (Å²) in [6.45, 7) is 3.36. The molecule has 1 spiro atoms. The Morgan fingerprint density at radius 1 is 1.15 bits per heavy atom. The lowest BCUT2D eigenvalue weighted by Crippen LogP contribution is -2.56. The first-order chi connectivity index (χ1) is 16.5. The molecule has 8 heteroatoms. The number of fused-ring (bicyclic) bond motifs is 1. The number of hydrogen-bond donors (Lipinski definition) is 1. The highest BCUT2D eigenvalue weighted by Crippen LogP contribution is 2.36. The summed E-state index contributed by atoms with van der Waals surface area (Å²) in [4.78, 5) is 17.5. The third kappa shape index (κ3) is 3.99. The van der Waals surface area contributed by atoms with Crippen molar-refractivity contribution in [3.05, 3.63) is 65.9 Å². The van der Waals surface area contributed by atoms with Crippen molar-refractivity contribution in [1.29, 1.82) is 5.26 Å². The highest BCUT2D eigenvalue weighted by atomic mass is 32.2. The summed E-state index contributed by atoms with van der Waals surface area (Å²) in [7, 11) is -1.19. The van der Waals surface area contributed by atoms with Crippen LogP contribution in [0.15, 0.2) is 54.7 Å². The Hall–Kier alpha value is -3.15. The number of nitriles is 1. The molecule has 7 nitrogen and oxygen atoms in total. The summed E-state index contributed by atoms with van der Waals surface area (Å²) < 4.78 is 13.6. The molecular weight excluding hydrogens is 446 g/mol. The molecule has 0 radical (unpaired) electrons. The molecule has 2 aromatic carbocycles. The second-order valence-electron chi connectivity index (χ2n) is 9.16. The molecule has 3 heterocycles. The number of hydrogen-bond acceptors (Lipinski definition) is 5. The van der Waals surface area contributed by atoms with Crippen LogP contribution in [-0.2, 0) is 22.2 Å². The third-order valence-corrected chi connectivity index (χ3v) is 8.12. The molecule has 3 aromatic rings. The zero-order valence-electron chi connectivity index (χ0n) is 19.4. The Morgan fingerprint density at radius 2 is 1.91 bits per heavy atom. The van der Waals surface area contributed by atoms with Gasteiger partial charge in [0.15, 0.2) is 0 Å². The molecule has 1 amide bonds. The maximum atomic E-state index is 12.8. The topological polar surface area (TPSA) is 81.4 Å². The molecule has 1 atom stereocenters. The van der Waals surface area contributed by atoms with Crippen LogP contribution in [0.25, 0.3) is 10.9 Å². The van der Waals surface area contributed by atoms with Crippen molar-refractivity contribution < 1.29 is 9.00 Å². The second kappa shape index (κ2) is 9.24. The largest absolute Gasteiger partial charge is 0.339 e. The van der Waals surface area contributed by atoms with Gasteiger partial charge in [-0.05, 0) is 62.1 Å². The summed E-state index contributed by atoms with van der Waals surface area (Å²) in [5.74, 6) is 0.151. The summed E-state index contributed by atoms with van der Waals surface area (Å²) >= 11 is 0. The minimum Gasteiger partial charge on any atom is -0.339 e. The summed E-state index contributed by atoms with van der Waals surface area (Å²) in [5, 5.41) is 13.4. The molecule has 0 saturated carbocycles. The van der Waals surface area contributed by atoms with Crippen LogP contribution in [-0.4, -0.2) is 57.1 Å². The lowest BCUT2D eigenvalue weighted by atomic mass is 9.85. The number of amides is 1. The number of aromatic nitrogens is 1. The van der Waals surface area contributed by atoms with Crippen LogP contribution in [0, 0.1) is 11.3 Å². The fourth-order valence-corrected chi connectivity index (χ4v) is 6.08. The first-order valence-electron chi connectivity index (χ1n) is 11.7. The Kier molecular flexibility index (Phi) is 6.15. The van der Waals surface area contributed by atoms with Crippen molar-refractivity contribution in [2.75, 3.05) is 37.5 Å². The Balaban J connectivity index is 1.20. The molecule has 1 N–H and O–H groups in total. The molecule has 2 aliphatic rings. The minimum atomic E-state index is -1.19. The summed E-state index contributed by atoms with van der Waals surface area (Å²) in [5.41, 5.74) is 3.24. The highest BCUT2D eigenvalue weighted by Gasteiger charge is 2.50. The van der Waals surface area contributed by atoms with E-state index in [2.05, 4.69) is 45.5 Å². The monoisotopic (exact) mass is 475 g/mol. The molecule has 2 aliphatic heterocycles. The van der Waals surface area contributed by atoms with Gasteiger partial charge in [0, 0.05) is 36.6 Å². The smallest absolute Gasteiger partial charge is 0.247 e. The number of aryl methyl sites for hydroxylation is 1. The van der Waals surface area contributed by atoms with Crippen molar-refractivity contribution in [2.24, 2.45) is 0 Å². The molecule has 2 saturated heterocycles. The van der Waals surface area contributed by atoms with Gasteiger partial charge in [0.1, 0.15) is 22.6 Å². The van der Waals surface area contributed by atoms with E-state index in [0.29, 0.717) is 12.2 Å². The average molecular weight is 476 g/mol. The van der Waals surface area contributed by atoms with Crippen molar-refractivity contribution in [1.82, 2.24) is 14.2 Å². The van der Waals surface area contributed by atoms with Crippen molar-refractivity contribution in [3.8, 4) is 6.07 Å². The maximum absolute atomic E-state index is 12.8. The second-order valence-corrected chi connectivity index (χ2v) is 10.4. The van der Waals surface area contributed by atoms with Gasteiger partial charge in [-0.25, -0.2) is 4.21 Å². The fourth-order valence-electron chi connectivity index (χ4n) is 5.39. The van der Waals surface area contributed by atoms with E-state index in [9.17, 15) is 14.3 Å². The number of carbonyl (C=O) groups is 1. The van der Waals surface area contributed by atoms with E-state index in [0.717, 1.165) is 61.9 Å². The lowest BCUT2D eigenvalue weighted by molar-refractivity contribution is -0.125. The Morgan fingerprint density at radius 3 is 2.62 bits per heavy atom. The fraction of sp³-hybridized carbons (Fsp3) is 0.385. The van der Waals surface area contributed by atoms with Gasteiger partial charge in [-0.1, -0.05) is 24.3 Å². The number of likely N-dealkylation sites (tertiary alicyclic amines) is 1. The molecule has 0 bridgehead atoms. The van der Waals surface area contributed by atoms with Crippen LogP contribution in [0.4, 0.5) is 5.69 Å². The van der Waals surface area contributed by atoms with Gasteiger partial charge in [-0.3, -0.25) is 8.77 Å². The van der Waals surface area contributed by atoms with E-state index >= 15 is 0 Å². The quantitative estimate of drug-likeness (QED) is 0.593. The Labute approximate surface area is 202 Å². The first kappa shape index (κ1) is 22.6. The average Bonchev–Trinajstić information content (AvgIpc) is 3.38. The lowest BCUT2D eigenvalue weighted by Gasteiger charge is -2.43. The molecule has 2 fully saturated rings. The van der Waals surface area contributed by atoms with E-state index in [4.69, 9.17) is 0 Å². The van der Waals surface area contributed by atoms with Gasteiger partial charge >= 0.3 is 0 Å². The third-order valence-electron chi connectivity index (χ3n) is 7.26. The SMILES string of the molecule is CS(=O)n1cc(C#N)c2cc(CCCN3CCC4(CC3)C(=O)NCN4c3ccccc3)ccc21. The van der Waals surface area contributed by atoms with Crippen LogP contribution >= 0.6 is 0 Å². The number of nitrogens with one attached hydrogen (secondary N) is 1. The van der Waals surface area contributed by atoms with Gasteiger partial charge in [-0.2, -0.15) is 5.26 Å². The highest BCUT2D eigenvalue weighted by molar-refractivity contribution is 7.82. The van der Waals surface area contributed by atoms with Gasteiger partial charge in [0.25, 0.3) is 0 Å². The molecule has 1 unspecified atom stereocenters. The van der Waals surface area contributed by atoms with Crippen LogP contribution in [0.3, 0.4) is 0 Å². The van der Waals surface area contributed by atoms with E-state index in [-0.39, 0.29) is 5.91 Å². The molecule has 34 heavy (non-hydrogen) atoms. The van der Waals surface area contributed by atoms with Crippen LogP contribution in [0.2, 0.25) is 0 Å². The summed E-state index contributed by atoms with van der Waals surface area (Å²) in [6, 6.07) is 18.5.